The first-order valence-electron chi connectivity index (χ1n) is 6.53. The monoisotopic (exact) mass is 225 g/mol. The molecule has 0 heterocycles. The predicted molar refractivity (Wildman–Crippen MR) is 69.4 cm³/mol. The SMILES string of the molecule is CCC(C)(O)CNCC1CC(C)=CC(C)C1. The van der Waals surface area contributed by atoms with Gasteiger partial charge in [0.15, 0.2) is 0 Å². The quantitative estimate of drug-likeness (QED) is 0.705. The molecule has 0 aromatic carbocycles. The van der Waals surface area contributed by atoms with Crippen molar-refractivity contribution in [3.8, 4) is 0 Å². The minimum atomic E-state index is -0.550. The lowest BCUT2D eigenvalue weighted by atomic mass is 9.83. The van der Waals surface area contributed by atoms with E-state index in [1.807, 2.05) is 13.8 Å². The second-order valence-electron chi connectivity index (χ2n) is 5.78. The third-order valence-electron chi connectivity index (χ3n) is 3.59. The van der Waals surface area contributed by atoms with Crippen molar-refractivity contribution in [2.75, 3.05) is 13.1 Å². The standard InChI is InChI=1S/C14H27NO/c1-5-14(4,16)10-15-9-13-7-11(2)6-12(3)8-13/h6,11,13,15-16H,5,7-10H2,1-4H3. The molecule has 0 aromatic heterocycles. The smallest absolute Gasteiger partial charge is 0.0740 e. The van der Waals surface area contributed by atoms with E-state index in [0.29, 0.717) is 12.5 Å². The number of aliphatic hydroxyl groups is 1. The van der Waals surface area contributed by atoms with E-state index in [1.54, 1.807) is 0 Å². The Morgan fingerprint density at radius 3 is 2.81 bits per heavy atom. The van der Waals surface area contributed by atoms with Crippen molar-refractivity contribution in [2.24, 2.45) is 11.8 Å². The van der Waals surface area contributed by atoms with E-state index in [1.165, 1.54) is 18.4 Å². The summed E-state index contributed by atoms with van der Waals surface area (Å²) < 4.78 is 0. The van der Waals surface area contributed by atoms with Crippen LogP contribution >= 0.6 is 0 Å². The molecule has 0 aliphatic heterocycles. The van der Waals surface area contributed by atoms with Crippen LogP contribution in [0.4, 0.5) is 0 Å². The van der Waals surface area contributed by atoms with Gasteiger partial charge in [0.25, 0.3) is 0 Å². The van der Waals surface area contributed by atoms with Crippen molar-refractivity contribution in [2.45, 2.75) is 52.6 Å². The summed E-state index contributed by atoms with van der Waals surface area (Å²) in [6, 6.07) is 0. The molecule has 2 heteroatoms. The van der Waals surface area contributed by atoms with Gasteiger partial charge in [-0.05, 0) is 51.5 Å². The highest BCUT2D eigenvalue weighted by atomic mass is 16.3. The lowest BCUT2D eigenvalue weighted by Crippen LogP contribution is -2.39. The third-order valence-corrected chi connectivity index (χ3v) is 3.59. The fourth-order valence-corrected chi connectivity index (χ4v) is 2.51. The zero-order valence-electron chi connectivity index (χ0n) is 11.2. The van der Waals surface area contributed by atoms with E-state index in [-0.39, 0.29) is 0 Å². The van der Waals surface area contributed by atoms with Crippen molar-refractivity contribution < 1.29 is 5.11 Å². The Kier molecular flexibility index (Phi) is 5.00. The second-order valence-corrected chi connectivity index (χ2v) is 5.78. The number of nitrogens with one attached hydrogen (secondary N) is 1. The molecular formula is C14H27NO. The largest absolute Gasteiger partial charge is 0.389 e. The molecule has 94 valence electrons. The highest BCUT2D eigenvalue weighted by Gasteiger charge is 2.20. The topological polar surface area (TPSA) is 32.3 Å². The van der Waals surface area contributed by atoms with Crippen molar-refractivity contribution in [3.05, 3.63) is 11.6 Å². The summed E-state index contributed by atoms with van der Waals surface area (Å²) in [5.74, 6) is 1.46. The van der Waals surface area contributed by atoms with Crippen LogP contribution in [0.25, 0.3) is 0 Å². The van der Waals surface area contributed by atoms with Crippen molar-refractivity contribution in [1.29, 1.82) is 0 Å². The number of hydrogen-bond donors (Lipinski definition) is 2. The molecule has 0 saturated carbocycles. The molecule has 0 fully saturated rings. The van der Waals surface area contributed by atoms with Gasteiger partial charge in [-0.1, -0.05) is 25.5 Å². The maximum absolute atomic E-state index is 9.88. The molecule has 3 unspecified atom stereocenters. The van der Waals surface area contributed by atoms with E-state index < -0.39 is 5.60 Å². The minimum Gasteiger partial charge on any atom is -0.389 e. The summed E-state index contributed by atoms with van der Waals surface area (Å²) in [6.45, 7) is 10.2. The zero-order valence-corrected chi connectivity index (χ0v) is 11.2. The molecule has 1 aliphatic carbocycles. The average molecular weight is 225 g/mol. The molecule has 0 spiro atoms. The highest BCUT2D eigenvalue weighted by molar-refractivity contribution is 5.06. The molecule has 1 rings (SSSR count). The van der Waals surface area contributed by atoms with Crippen molar-refractivity contribution in [3.63, 3.8) is 0 Å². The molecular weight excluding hydrogens is 198 g/mol. The van der Waals surface area contributed by atoms with E-state index in [2.05, 4.69) is 25.2 Å². The molecule has 0 amide bonds. The minimum absolute atomic E-state index is 0.550. The average Bonchev–Trinajstić information content (AvgIpc) is 2.16. The number of rotatable bonds is 5. The summed E-state index contributed by atoms with van der Waals surface area (Å²) in [5, 5.41) is 13.3. The van der Waals surface area contributed by atoms with Gasteiger partial charge in [-0.3, -0.25) is 0 Å². The summed E-state index contributed by atoms with van der Waals surface area (Å²) >= 11 is 0. The summed E-state index contributed by atoms with van der Waals surface area (Å²) in [6.07, 6.45) is 5.68. The van der Waals surface area contributed by atoms with Crippen LogP contribution in [0, 0.1) is 11.8 Å². The molecule has 0 aromatic rings. The third kappa shape index (κ3) is 4.67. The van der Waals surface area contributed by atoms with Crippen LogP contribution in [0.1, 0.15) is 47.0 Å². The zero-order chi connectivity index (χ0) is 12.2. The number of hydrogen-bond acceptors (Lipinski definition) is 2. The van der Waals surface area contributed by atoms with E-state index in [9.17, 15) is 5.11 Å². The Morgan fingerprint density at radius 2 is 2.25 bits per heavy atom. The van der Waals surface area contributed by atoms with Gasteiger partial charge in [0, 0.05) is 6.54 Å². The Balaban J connectivity index is 2.27. The first-order valence-corrected chi connectivity index (χ1v) is 6.53. The first-order chi connectivity index (χ1) is 7.43. The Morgan fingerprint density at radius 1 is 1.56 bits per heavy atom. The predicted octanol–water partition coefficient (Wildman–Crippen LogP) is 2.73. The second kappa shape index (κ2) is 5.83. The van der Waals surface area contributed by atoms with Crippen LogP contribution in [0.3, 0.4) is 0 Å². The summed E-state index contributed by atoms with van der Waals surface area (Å²) in [5.41, 5.74) is 0.971. The normalized spacial score (nSPS) is 29.7. The van der Waals surface area contributed by atoms with Crippen LogP contribution in [0.5, 0.6) is 0 Å². The van der Waals surface area contributed by atoms with Crippen LogP contribution in [-0.4, -0.2) is 23.8 Å². The van der Waals surface area contributed by atoms with Crippen molar-refractivity contribution in [1.82, 2.24) is 5.32 Å². The van der Waals surface area contributed by atoms with Crippen molar-refractivity contribution >= 4 is 0 Å². The fourth-order valence-electron chi connectivity index (χ4n) is 2.51. The Bertz CT molecular complexity index is 245. The summed E-state index contributed by atoms with van der Waals surface area (Å²) in [7, 11) is 0. The molecule has 0 saturated heterocycles. The van der Waals surface area contributed by atoms with Gasteiger partial charge in [-0.15, -0.1) is 0 Å². The van der Waals surface area contributed by atoms with Crippen LogP contribution in [0.2, 0.25) is 0 Å². The van der Waals surface area contributed by atoms with Crippen LogP contribution in [0.15, 0.2) is 11.6 Å². The van der Waals surface area contributed by atoms with Gasteiger partial charge in [0.1, 0.15) is 0 Å². The van der Waals surface area contributed by atoms with Gasteiger partial charge >= 0.3 is 0 Å². The lowest BCUT2D eigenvalue weighted by molar-refractivity contribution is 0.0547. The molecule has 3 atom stereocenters. The van der Waals surface area contributed by atoms with Crippen LogP contribution in [-0.2, 0) is 0 Å². The van der Waals surface area contributed by atoms with E-state index in [0.717, 1.165) is 18.9 Å². The van der Waals surface area contributed by atoms with Gasteiger partial charge in [-0.25, -0.2) is 0 Å². The first kappa shape index (κ1) is 13.7. The van der Waals surface area contributed by atoms with E-state index >= 15 is 0 Å². The maximum atomic E-state index is 9.88. The van der Waals surface area contributed by atoms with Gasteiger partial charge in [-0.2, -0.15) is 0 Å². The molecule has 0 bridgehead atoms. The van der Waals surface area contributed by atoms with E-state index in [4.69, 9.17) is 0 Å². The summed E-state index contributed by atoms with van der Waals surface area (Å²) in [4.78, 5) is 0. The molecule has 0 radical (unpaired) electrons. The van der Waals surface area contributed by atoms with Gasteiger partial charge in [0.2, 0.25) is 0 Å². The van der Waals surface area contributed by atoms with Crippen LogP contribution < -0.4 is 5.32 Å². The highest BCUT2D eigenvalue weighted by Crippen LogP contribution is 2.27. The molecule has 2 N–H and O–H groups in total. The molecule has 1 aliphatic rings. The molecule has 16 heavy (non-hydrogen) atoms. The Hall–Kier alpha value is -0.340. The number of allylic oxidation sites excluding steroid dienone is 2. The Labute approximate surface area is 100 Å². The maximum Gasteiger partial charge on any atom is 0.0740 e. The van der Waals surface area contributed by atoms with Gasteiger partial charge in [0.05, 0.1) is 5.60 Å². The van der Waals surface area contributed by atoms with Gasteiger partial charge < -0.3 is 10.4 Å². The lowest BCUT2D eigenvalue weighted by Gasteiger charge is -2.28. The fraction of sp³-hybridized carbons (Fsp3) is 0.857. The molecule has 2 nitrogen and oxygen atoms in total.